The van der Waals surface area contributed by atoms with Gasteiger partial charge in [0.15, 0.2) is 0 Å². The van der Waals surface area contributed by atoms with Gasteiger partial charge in [0.05, 0.1) is 4.90 Å². The molecule has 0 saturated carbocycles. The van der Waals surface area contributed by atoms with E-state index in [0.717, 1.165) is 4.88 Å². The summed E-state index contributed by atoms with van der Waals surface area (Å²) >= 11 is 1.37. The maximum absolute atomic E-state index is 12.1. The van der Waals surface area contributed by atoms with Crippen molar-refractivity contribution in [3.05, 3.63) is 29.0 Å². The van der Waals surface area contributed by atoms with Crippen LogP contribution in [0.25, 0.3) is 0 Å². The molecule has 0 aromatic carbocycles. The molecule has 16 heavy (non-hydrogen) atoms. The largest absolute Gasteiger partial charge is 0.326 e. The summed E-state index contributed by atoms with van der Waals surface area (Å²) < 4.78 is 25.6. The number of hydrogen-bond donors (Lipinski definition) is 1. The number of rotatable bonds is 6. The van der Waals surface area contributed by atoms with Crippen molar-refractivity contribution in [2.75, 3.05) is 13.1 Å². The first kappa shape index (κ1) is 13.4. The lowest BCUT2D eigenvalue weighted by molar-refractivity contribution is 0.460. The minimum absolute atomic E-state index is 0.321. The molecule has 0 aliphatic heterocycles. The quantitative estimate of drug-likeness (QED) is 0.786. The molecule has 0 saturated heterocycles. The molecule has 1 rings (SSSR count). The van der Waals surface area contributed by atoms with E-state index >= 15 is 0 Å². The lowest BCUT2D eigenvalue weighted by atomic mass is 10.5. The maximum atomic E-state index is 12.1. The average molecular weight is 260 g/mol. The third-order valence-electron chi connectivity index (χ3n) is 2.15. The van der Waals surface area contributed by atoms with E-state index in [1.807, 2.05) is 0 Å². The zero-order valence-corrected chi connectivity index (χ0v) is 10.9. The van der Waals surface area contributed by atoms with Crippen LogP contribution in [0.1, 0.15) is 11.8 Å². The molecule has 0 radical (unpaired) electrons. The molecule has 0 aliphatic rings. The zero-order chi connectivity index (χ0) is 12.2. The van der Waals surface area contributed by atoms with Gasteiger partial charge in [0.25, 0.3) is 0 Å². The highest BCUT2D eigenvalue weighted by molar-refractivity contribution is 7.89. The molecule has 1 heterocycles. The topological polar surface area (TPSA) is 63.4 Å². The lowest BCUT2D eigenvalue weighted by Crippen LogP contribution is -2.30. The first-order chi connectivity index (χ1) is 7.56. The highest BCUT2D eigenvalue weighted by Gasteiger charge is 2.22. The zero-order valence-electron chi connectivity index (χ0n) is 9.22. The molecule has 0 amide bonds. The molecule has 0 atom stereocenters. The molecule has 0 spiro atoms. The average Bonchev–Trinajstić information content (AvgIpc) is 2.74. The van der Waals surface area contributed by atoms with Crippen LogP contribution in [0.5, 0.6) is 0 Å². The fraction of sp³-hybridized carbons (Fsp3) is 0.400. The van der Waals surface area contributed by atoms with Gasteiger partial charge in [-0.25, -0.2) is 8.42 Å². The standard InChI is InChI=1S/C10H16N2O2S2/c1-3-5-12(4-2)16(13,14)10-6-9(7-11)15-8-10/h3,6,8H,1,4-5,7,11H2,2H3. The van der Waals surface area contributed by atoms with Gasteiger partial charge < -0.3 is 5.73 Å². The number of likely N-dealkylation sites (N-methyl/N-ethyl adjacent to an activating group) is 1. The Morgan fingerprint density at radius 3 is 2.75 bits per heavy atom. The molecule has 0 fully saturated rings. The second kappa shape index (κ2) is 5.58. The minimum Gasteiger partial charge on any atom is -0.326 e. The molecule has 90 valence electrons. The van der Waals surface area contributed by atoms with Crippen molar-refractivity contribution in [3.63, 3.8) is 0 Å². The van der Waals surface area contributed by atoms with E-state index in [9.17, 15) is 8.42 Å². The predicted octanol–water partition coefficient (Wildman–Crippen LogP) is 1.40. The fourth-order valence-corrected chi connectivity index (χ4v) is 3.86. The molecule has 0 unspecified atom stereocenters. The molecule has 4 nitrogen and oxygen atoms in total. The third kappa shape index (κ3) is 2.70. The second-order valence-corrected chi connectivity index (χ2v) is 6.13. The number of sulfonamides is 1. The summed E-state index contributed by atoms with van der Waals surface area (Å²) in [5.74, 6) is 0. The first-order valence-electron chi connectivity index (χ1n) is 4.94. The number of hydrogen-bond acceptors (Lipinski definition) is 4. The molecule has 6 heteroatoms. The van der Waals surface area contributed by atoms with Crippen LogP contribution in [0.4, 0.5) is 0 Å². The lowest BCUT2D eigenvalue weighted by Gasteiger charge is -2.17. The monoisotopic (exact) mass is 260 g/mol. The molecule has 0 bridgehead atoms. The Kier molecular flexibility index (Phi) is 4.67. The van der Waals surface area contributed by atoms with Gasteiger partial charge >= 0.3 is 0 Å². The maximum Gasteiger partial charge on any atom is 0.244 e. The van der Waals surface area contributed by atoms with Crippen LogP contribution in [-0.2, 0) is 16.6 Å². The van der Waals surface area contributed by atoms with E-state index in [-0.39, 0.29) is 0 Å². The van der Waals surface area contributed by atoms with E-state index < -0.39 is 10.0 Å². The predicted molar refractivity (Wildman–Crippen MR) is 66.8 cm³/mol. The molecule has 0 aliphatic carbocycles. The number of nitrogens with zero attached hydrogens (tertiary/aromatic N) is 1. The number of thiophene rings is 1. The van der Waals surface area contributed by atoms with Crippen LogP contribution in [-0.4, -0.2) is 25.8 Å². The van der Waals surface area contributed by atoms with Crippen LogP contribution in [0.2, 0.25) is 0 Å². The molecular weight excluding hydrogens is 244 g/mol. The van der Waals surface area contributed by atoms with Crippen molar-refractivity contribution in [1.82, 2.24) is 4.31 Å². The number of nitrogens with two attached hydrogens (primary N) is 1. The summed E-state index contributed by atoms with van der Waals surface area (Å²) in [7, 11) is -3.39. The van der Waals surface area contributed by atoms with Crippen LogP contribution in [0.15, 0.2) is 29.0 Å². The minimum atomic E-state index is -3.39. The summed E-state index contributed by atoms with van der Waals surface area (Å²) in [5.41, 5.74) is 5.46. The Bertz CT molecular complexity index is 451. The van der Waals surface area contributed by atoms with Gasteiger partial charge in [-0.05, 0) is 6.07 Å². The normalized spacial score (nSPS) is 11.9. The van der Waals surface area contributed by atoms with Crippen molar-refractivity contribution in [2.24, 2.45) is 5.73 Å². The van der Waals surface area contributed by atoms with Gasteiger partial charge in [-0.3, -0.25) is 0 Å². The van der Waals surface area contributed by atoms with Gasteiger partial charge in [0, 0.05) is 29.9 Å². The Morgan fingerprint density at radius 2 is 2.31 bits per heavy atom. The van der Waals surface area contributed by atoms with Crippen molar-refractivity contribution < 1.29 is 8.42 Å². The van der Waals surface area contributed by atoms with Crippen LogP contribution >= 0.6 is 11.3 Å². The SMILES string of the molecule is C=CCN(CC)S(=O)(=O)c1csc(CN)c1. The van der Waals surface area contributed by atoms with Gasteiger partial charge in [-0.1, -0.05) is 13.0 Å². The molecular formula is C10H16N2O2S2. The summed E-state index contributed by atoms with van der Waals surface area (Å²) in [6.45, 7) is 6.48. The van der Waals surface area contributed by atoms with Crippen molar-refractivity contribution >= 4 is 21.4 Å². The fourth-order valence-electron chi connectivity index (χ4n) is 1.29. The Hall–Kier alpha value is -0.690. The van der Waals surface area contributed by atoms with Gasteiger partial charge in [0.2, 0.25) is 10.0 Å². The summed E-state index contributed by atoms with van der Waals surface area (Å²) in [4.78, 5) is 1.19. The third-order valence-corrected chi connectivity index (χ3v) is 5.18. The van der Waals surface area contributed by atoms with Crippen molar-refractivity contribution in [3.8, 4) is 0 Å². The van der Waals surface area contributed by atoms with Crippen LogP contribution in [0.3, 0.4) is 0 Å². The summed E-state index contributed by atoms with van der Waals surface area (Å²) in [6.07, 6.45) is 1.58. The van der Waals surface area contributed by atoms with Gasteiger partial charge in [-0.2, -0.15) is 4.31 Å². The van der Waals surface area contributed by atoms with Crippen LogP contribution in [0, 0.1) is 0 Å². The molecule has 1 aromatic heterocycles. The first-order valence-corrected chi connectivity index (χ1v) is 7.26. The van der Waals surface area contributed by atoms with E-state index in [0.29, 0.717) is 24.5 Å². The van der Waals surface area contributed by atoms with Crippen LogP contribution < -0.4 is 5.73 Å². The summed E-state index contributed by atoms with van der Waals surface area (Å²) in [5, 5.41) is 1.63. The van der Waals surface area contributed by atoms with E-state index in [2.05, 4.69) is 6.58 Å². The van der Waals surface area contributed by atoms with E-state index in [4.69, 9.17) is 5.73 Å². The highest BCUT2D eigenvalue weighted by Crippen LogP contribution is 2.22. The Balaban J connectivity index is 3.04. The second-order valence-electron chi connectivity index (χ2n) is 3.20. The molecule has 1 aromatic rings. The van der Waals surface area contributed by atoms with E-state index in [1.54, 1.807) is 24.4 Å². The van der Waals surface area contributed by atoms with Crippen molar-refractivity contribution in [2.45, 2.75) is 18.4 Å². The smallest absolute Gasteiger partial charge is 0.244 e. The van der Waals surface area contributed by atoms with Crippen molar-refractivity contribution in [1.29, 1.82) is 0 Å². The molecule has 2 N–H and O–H groups in total. The highest BCUT2D eigenvalue weighted by atomic mass is 32.2. The van der Waals surface area contributed by atoms with Gasteiger partial charge in [-0.15, -0.1) is 17.9 Å². The Labute approximate surface area is 100 Å². The summed E-state index contributed by atoms with van der Waals surface area (Å²) in [6, 6.07) is 1.63. The van der Waals surface area contributed by atoms with Gasteiger partial charge in [0.1, 0.15) is 0 Å². The van der Waals surface area contributed by atoms with E-state index in [1.165, 1.54) is 15.6 Å². The Morgan fingerprint density at radius 1 is 1.62 bits per heavy atom.